The first-order valence-electron chi connectivity index (χ1n) is 6.39. The van der Waals surface area contributed by atoms with Gasteiger partial charge in [0.2, 0.25) is 0 Å². The molecule has 1 amide bonds. The van der Waals surface area contributed by atoms with E-state index in [1.165, 1.54) is 13.2 Å². The van der Waals surface area contributed by atoms with Crippen LogP contribution in [-0.4, -0.2) is 41.6 Å². The Morgan fingerprint density at radius 2 is 2.25 bits per heavy atom. The van der Waals surface area contributed by atoms with E-state index in [0.717, 1.165) is 12.8 Å². The Labute approximate surface area is 125 Å². The zero-order chi connectivity index (χ0) is 14.7. The summed E-state index contributed by atoms with van der Waals surface area (Å²) < 4.78 is 5.36. The van der Waals surface area contributed by atoms with Gasteiger partial charge in [-0.15, -0.1) is 0 Å². The molecule has 20 heavy (non-hydrogen) atoms. The van der Waals surface area contributed by atoms with E-state index in [0.29, 0.717) is 11.0 Å². The zero-order valence-corrected chi connectivity index (χ0v) is 12.7. The molecular weight excluding hydrogens is 326 g/mol. The van der Waals surface area contributed by atoms with Crippen molar-refractivity contribution >= 4 is 27.8 Å². The summed E-state index contributed by atoms with van der Waals surface area (Å²) >= 11 is 3.24. The van der Waals surface area contributed by atoms with Gasteiger partial charge in [-0.05, 0) is 31.0 Å². The van der Waals surface area contributed by atoms with Crippen molar-refractivity contribution in [3.05, 3.63) is 28.2 Å². The van der Waals surface area contributed by atoms with Crippen LogP contribution in [-0.2, 0) is 9.53 Å². The second-order valence-corrected chi connectivity index (χ2v) is 5.65. The first kappa shape index (κ1) is 14.8. The van der Waals surface area contributed by atoms with Gasteiger partial charge >= 0.3 is 5.97 Å². The van der Waals surface area contributed by atoms with Gasteiger partial charge in [0.15, 0.2) is 0 Å². The number of halogens is 1. The predicted molar refractivity (Wildman–Crippen MR) is 76.5 cm³/mol. The third kappa shape index (κ3) is 3.12. The molecule has 1 aromatic rings. The predicted octanol–water partition coefficient (Wildman–Crippen LogP) is 2.32. The maximum absolute atomic E-state index is 12.5. The molecule has 0 aliphatic carbocycles. The van der Waals surface area contributed by atoms with E-state index in [4.69, 9.17) is 0 Å². The first-order valence-corrected chi connectivity index (χ1v) is 7.18. The van der Waals surface area contributed by atoms with E-state index in [1.54, 1.807) is 17.0 Å². The molecule has 1 saturated heterocycles. The lowest BCUT2D eigenvalue weighted by Gasteiger charge is -2.24. The van der Waals surface area contributed by atoms with Crippen LogP contribution in [0.5, 0.6) is 5.75 Å². The number of phenolic OH excluding ortho intramolecular Hbond substituents is 1. The Kier molecular flexibility index (Phi) is 4.65. The number of carbonyl (C=O) groups excluding carboxylic acids is 2. The Morgan fingerprint density at radius 3 is 2.90 bits per heavy atom. The average Bonchev–Trinajstić information content (AvgIpc) is 2.86. The number of hydrogen-bond acceptors (Lipinski definition) is 4. The monoisotopic (exact) mass is 341 g/mol. The van der Waals surface area contributed by atoms with Crippen LogP contribution in [0.15, 0.2) is 22.7 Å². The molecule has 5 nitrogen and oxygen atoms in total. The largest absolute Gasteiger partial charge is 0.507 e. The number of aromatic hydroxyl groups is 1. The highest BCUT2D eigenvalue weighted by Gasteiger charge is 2.32. The molecule has 0 unspecified atom stereocenters. The molecule has 0 radical (unpaired) electrons. The van der Waals surface area contributed by atoms with Crippen LogP contribution in [0.3, 0.4) is 0 Å². The Balaban J connectivity index is 2.17. The minimum Gasteiger partial charge on any atom is -0.507 e. The number of benzene rings is 1. The van der Waals surface area contributed by atoms with Crippen LogP contribution in [0, 0.1) is 0 Å². The number of ether oxygens (including phenoxy) is 1. The van der Waals surface area contributed by atoms with E-state index in [1.807, 2.05) is 0 Å². The fourth-order valence-corrected chi connectivity index (χ4v) is 2.78. The summed E-state index contributed by atoms with van der Waals surface area (Å²) in [5.74, 6) is -0.635. The molecule has 1 heterocycles. The fourth-order valence-electron chi connectivity index (χ4n) is 2.43. The molecule has 1 atom stereocenters. The molecule has 0 bridgehead atoms. The summed E-state index contributed by atoms with van der Waals surface area (Å²) in [5.41, 5.74) is 0.255. The van der Waals surface area contributed by atoms with Crippen molar-refractivity contribution in [2.24, 2.45) is 0 Å². The number of amides is 1. The second-order valence-electron chi connectivity index (χ2n) is 4.74. The van der Waals surface area contributed by atoms with Gasteiger partial charge < -0.3 is 14.7 Å². The number of rotatable bonds is 3. The third-order valence-corrected chi connectivity index (χ3v) is 3.95. The Hall–Kier alpha value is -1.56. The highest BCUT2D eigenvalue weighted by Crippen LogP contribution is 2.28. The van der Waals surface area contributed by atoms with E-state index in [2.05, 4.69) is 20.7 Å². The smallest absolute Gasteiger partial charge is 0.307 e. The lowest BCUT2D eigenvalue weighted by molar-refractivity contribution is -0.141. The highest BCUT2D eigenvalue weighted by molar-refractivity contribution is 9.10. The minimum absolute atomic E-state index is 0.0620. The lowest BCUT2D eigenvalue weighted by atomic mass is 10.1. The zero-order valence-electron chi connectivity index (χ0n) is 11.1. The van der Waals surface area contributed by atoms with Crippen molar-refractivity contribution in [2.75, 3.05) is 13.7 Å². The van der Waals surface area contributed by atoms with Crippen molar-refractivity contribution in [2.45, 2.75) is 25.3 Å². The molecule has 1 aliphatic heterocycles. The van der Waals surface area contributed by atoms with Crippen molar-refractivity contribution in [3.8, 4) is 5.75 Å². The van der Waals surface area contributed by atoms with Crippen LogP contribution >= 0.6 is 15.9 Å². The van der Waals surface area contributed by atoms with Crippen LogP contribution in [0.25, 0.3) is 0 Å². The fraction of sp³-hybridized carbons (Fsp3) is 0.429. The summed E-state index contributed by atoms with van der Waals surface area (Å²) in [5, 5.41) is 9.87. The second kappa shape index (κ2) is 6.26. The van der Waals surface area contributed by atoms with Crippen LogP contribution in [0.2, 0.25) is 0 Å². The maximum atomic E-state index is 12.5. The van der Waals surface area contributed by atoms with Crippen molar-refractivity contribution in [1.82, 2.24) is 4.90 Å². The molecule has 1 fully saturated rings. The van der Waals surface area contributed by atoms with Crippen LogP contribution in [0.1, 0.15) is 29.6 Å². The van der Waals surface area contributed by atoms with Gasteiger partial charge in [0, 0.05) is 17.1 Å². The molecule has 1 N–H and O–H groups in total. The number of esters is 1. The molecule has 108 valence electrons. The van der Waals surface area contributed by atoms with E-state index in [9.17, 15) is 14.7 Å². The highest BCUT2D eigenvalue weighted by atomic mass is 79.9. The molecule has 0 saturated carbocycles. The molecule has 0 spiro atoms. The van der Waals surface area contributed by atoms with Gasteiger partial charge in [0.05, 0.1) is 19.1 Å². The van der Waals surface area contributed by atoms with Crippen molar-refractivity contribution in [3.63, 3.8) is 0 Å². The maximum Gasteiger partial charge on any atom is 0.307 e. The van der Waals surface area contributed by atoms with E-state index >= 15 is 0 Å². The summed E-state index contributed by atoms with van der Waals surface area (Å²) in [4.78, 5) is 25.5. The van der Waals surface area contributed by atoms with E-state index in [-0.39, 0.29) is 35.7 Å². The Morgan fingerprint density at radius 1 is 1.50 bits per heavy atom. The van der Waals surface area contributed by atoms with Gasteiger partial charge in [-0.25, -0.2) is 0 Å². The molecule has 6 heteroatoms. The summed E-state index contributed by atoms with van der Waals surface area (Å²) in [7, 11) is 1.34. The summed E-state index contributed by atoms with van der Waals surface area (Å²) in [6, 6.07) is 4.62. The normalized spacial score (nSPS) is 18.1. The molecule has 0 aromatic heterocycles. The molecule has 2 rings (SSSR count). The average molecular weight is 342 g/mol. The van der Waals surface area contributed by atoms with Crippen LogP contribution < -0.4 is 0 Å². The number of likely N-dealkylation sites (tertiary alicyclic amines) is 1. The number of hydrogen-bond donors (Lipinski definition) is 1. The van der Waals surface area contributed by atoms with E-state index < -0.39 is 0 Å². The minimum atomic E-state index is -0.324. The first-order chi connectivity index (χ1) is 9.52. The van der Waals surface area contributed by atoms with Crippen LogP contribution in [0.4, 0.5) is 0 Å². The number of carbonyl (C=O) groups is 2. The van der Waals surface area contributed by atoms with Crippen molar-refractivity contribution < 1.29 is 19.4 Å². The number of methoxy groups -OCH3 is 1. The topological polar surface area (TPSA) is 66.8 Å². The quantitative estimate of drug-likeness (QED) is 0.856. The summed E-state index contributed by atoms with van der Waals surface area (Å²) in [6.45, 7) is 0.593. The van der Waals surface area contributed by atoms with Crippen molar-refractivity contribution in [1.29, 1.82) is 0 Å². The van der Waals surface area contributed by atoms with Gasteiger partial charge in [0.25, 0.3) is 5.91 Å². The SMILES string of the molecule is COC(=O)C[C@H]1CCCN1C(=O)c1ccc(Br)cc1O. The standard InChI is InChI=1S/C14H16BrNO4/c1-20-13(18)8-10-3-2-6-16(10)14(19)11-5-4-9(15)7-12(11)17/h4-5,7,10,17H,2-3,6,8H2,1H3/t10-/m1/s1. The van der Waals surface area contributed by atoms with Gasteiger partial charge in [-0.1, -0.05) is 15.9 Å². The molecule has 1 aliphatic rings. The number of nitrogens with zero attached hydrogens (tertiary/aromatic N) is 1. The summed E-state index contributed by atoms with van der Waals surface area (Å²) in [6.07, 6.45) is 1.82. The molecule has 1 aromatic carbocycles. The lowest BCUT2D eigenvalue weighted by Crippen LogP contribution is -2.37. The Bertz CT molecular complexity index is 532. The molecular formula is C14H16BrNO4. The third-order valence-electron chi connectivity index (χ3n) is 3.46. The number of phenols is 1. The van der Waals surface area contributed by atoms with Gasteiger partial charge in [0.1, 0.15) is 5.75 Å². The van der Waals surface area contributed by atoms with Gasteiger partial charge in [-0.2, -0.15) is 0 Å². The van der Waals surface area contributed by atoms with Gasteiger partial charge in [-0.3, -0.25) is 9.59 Å².